The van der Waals surface area contributed by atoms with Gasteiger partial charge in [-0.25, -0.2) is 0 Å². The Morgan fingerprint density at radius 2 is 1.63 bits per heavy atom. The molecule has 6 nitrogen and oxygen atoms in total. The minimum absolute atomic E-state index is 0.132. The molecule has 3 aromatic carbocycles. The van der Waals surface area contributed by atoms with E-state index < -0.39 is 0 Å². The van der Waals surface area contributed by atoms with E-state index in [1.807, 2.05) is 60.8 Å². The van der Waals surface area contributed by atoms with Gasteiger partial charge in [0.25, 0.3) is 11.8 Å². The largest absolute Gasteiger partial charge is 0.497 e. The lowest BCUT2D eigenvalue weighted by molar-refractivity contribution is 0.415. The second-order valence-electron chi connectivity index (χ2n) is 6.89. The van der Waals surface area contributed by atoms with E-state index in [4.69, 9.17) is 14.8 Å². The summed E-state index contributed by atoms with van der Waals surface area (Å²) in [6, 6.07) is 26.2. The third-order valence-corrected chi connectivity index (χ3v) is 5.08. The third-order valence-electron chi connectivity index (χ3n) is 5.08. The van der Waals surface area contributed by atoms with Crippen molar-refractivity contribution in [2.45, 2.75) is 0 Å². The molecule has 2 heterocycles. The summed E-state index contributed by atoms with van der Waals surface area (Å²) in [6.07, 6.45) is 5.47. The molecular weight excluding hydrogens is 374 g/mol. The average Bonchev–Trinajstić information content (AvgIpc) is 3.19. The smallest absolute Gasteiger partial charge is 0.287 e. The van der Waals surface area contributed by atoms with Gasteiger partial charge in [0, 0.05) is 17.3 Å². The van der Waals surface area contributed by atoms with Crippen LogP contribution in [0.15, 0.2) is 106 Å². The maximum atomic E-state index is 5.23. The first-order valence-corrected chi connectivity index (χ1v) is 9.64. The van der Waals surface area contributed by atoms with Crippen molar-refractivity contribution in [1.82, 2.24) is 4.59 Å². The van der Waals surface area contributed by atoms with E-state index in [2.05, 4.69) is 34.6 Å². The normalized spacial score (nSPS) is 19.1. The minimum atomic E-state index is 0.132. The highest BCUT2D eigenvalue weighted by Crippen LogP contribution is 2.39. The van der Waals surface area contributed by atoms with Crippen LogP contribution in [0.4, 0.5) is 11.4 Å². The van der Waals surface area contributed by atoms with E-state index in [1.165, 1.54) is 0 Å². The van der Waals surface area contributed by atoms with Gasteiger partial charge in [-0.2, -0.15) is 4.99 Å². The third kappa shape index (κ3) is 3.09. The lowest BCUT2D eigenvalue weighted by atomic mass is 10.0. The Balaban J connectivity index is 1.58. The molecule has 1 unspecified atom stereocenters. The molecule has 0 fully saturated rings. The molecule has 30 heavy (non-hydrogen) atoms. The summed E-state index contributed by atoms with van der Waals surface area (Å²) >= 11 is 0. The fraction of sp³-hybridized carbons (Fsp3) is 0.0417. The molecule has 0 amide bonds. The fourth-order valence-electron chi connectivity index (χ4n) is 3.63. The number of rotatable bonds is 4. The number of quaternary nitrogens is 1. The number of hydrogen-bond donors (Lipinski definition) is 1. The van der Waals surface area contributed by atoms with Gasteiger partial charge in [-0.3, -0.25) is 4.99 Å². The topological polar surface area (TPSA) is 58.3 Å². The monoisotopic (exact) mass is 394 g/mol. The number of para-hydroxylation sites is 1. The maximum absolute atomic E-state index is 5.23. The van der Waals surface area contributed by atoms with Gasteiger partial charge in [-0.05, 0) is 41.0 Å². The molecule has 5 rings (SSSR count). The number of anilines is 1. The molecular formula is C24H20N5O+. The van der Waals surface area contributed by atoms with Gasteiger partial charge < -0.3 is 10.1 Å². The van der Waals surface area contributed by atoms with Crippen LogP contribution >= 0.6 is 0 Å². The number of aliphatic imine (C=N–C) groups is 2. The van der Waals surface area contributed by atoms with Crippen molar-refractivity contribution < 1.29 is 4.74 Å². The molecule has 1 N–H and O–H groups in total. The van der Waals surface area contributed by atoms with Crippen LogP contribution < -0.4 is 14.6 Å². The highest BCUT2D eigenvalue weighted by molar-refractivity contribution is 6.38. The second kappa shape index (κ2) is 7.42. The summed E-state index contributed by atoms with van der Waals surface area (Å²) in [4.78, 5) is 9.01. The van der Waals surface area contributed by atoms with E-state index in [-0.39, 0.29) is 4.59 Å². The number of ether oxygens (including phenoxy) is 1. The van der Waals surface area contributed by atoms with Crippen molar-refractivity contribution in [3.8, 4) is 16.9 Å². The molecule has 0 spiro atoms. The first-order valence-electron chi connectivity index (χ1n) is 9.64. The van der Waals surface area contributed by atoms with Crippen LogP contribution in [0.1, 0.15) is 0 Å². The van der Waals surface area contributed by atoms with Gasteiger partial charge in [0.1, 0.15) is 12.0 Å². The number of guanidine groups is 1. The van der Waals surface area contributed by atoms with Crippen molar-refractivity contribution in [3.63, 3.8) is 0 Å². The minimum Gasteiger partial charge on any atom is -0.497 e. The summed E-state index contributed by atoms with van der Waals surface area (Å²) in [5, 5.41) is 8.26. The summed E-state index contributed by atoms with van der Waals surface area (Å²) in [5.74, 6) is 2.06. The molecule has 2 aliphatic heterocycles. The number of benzene rings is 3. The molecule has 146 valence electrons. The first-order chi connectivity index (χ1) is 14.8. The molecule has 0 saturated carbocycles. The van der Waals surface area contributed by atoms with E-state index >= 15 is 0 Å². The zero-order valence-corrected chi connectivity index (χ0v) is 16.4. The molecule has 0 aromatic heterocycles. The Hall–Kier alpha value is -4.03. The number of fused-ring (bicyclic) bond motifs is 1. The van der Waals surface area contributed by atoms with Crippen LogP contribution in [0.25, 0.3) is 11.1 Å². The summed E-state index contributed by atoms with van der Waals surface area (Å²) in [5.41, 5.74) is 4.12. The quantitative estimate of drug-likeness (QED) is 0.632. The average molecular weight is 394 g/mol. The number of amidine groups is 1. The highest BCUT2D eigenvalue weighted by atomic mass is 16.5. The van der Waals surface area contributed by atoms with Crippen molar-refractivity contribution in [1.29, 1.82) is 0 Å². The summed E-state index contributed by atoms with van der Waals surface area (Å²) in [7, 11) is 1.65. The van der Waals surface area contributed by atoms with Gasteiger partial charge in [0.2, 0.25) is 0 Å². The standard InChI is InChI=1S/C24H20N5O/c1-30-20-13-11-19(12-14-20)26-24-27-23-17-25-15-16-29(23,28-24)22-10-6-5-9-21(22)18-7-3-2-4-8-18/h2-17H,1H3,(H,26,28)/q+1. The fourth-order valence-corrected chi connectivity index (χ4v) is 3.63. The van der Waals surface area contributed by atoms with Gasteiger partial charge >= 0.3 is 0 Å². The molecule has 6 heteroatoms. The van der Waals surface area contributed by atoms with Crippen molar-refractivity contribution >= 4 is 29.4 Å². The zero-order chi connectivity index (χ0) is 20.4. The Bertz CT molecular complexity index is 1200. The van der Waals surface area contributed by atoms with E-state index in [0.29, 0.717) is 5.96 Å². The van der Waals surface area contributed by atoms with Gasteiger partial charge in [0.05, 0.1) is 13.3 Å². The van der Waals surface area contributed by atoms with E-state index in [1.54, 1.807) is 19.5 Å². The Morgan fingerprint density at radius 3 is 2.43 bits per heavy atom. The molecule has 2 aliphatic rings. The summed E-state index contributed by atoms with van der Waals surface area (Å²) < 4.78 is 5.36. The Kier molecular flexibility index (Phi) is 4.46. The molecule has 0 bridgehead atoms. The first kappa shape index (κ1) is 18.0. The zero-order valence-electron chi connectivity index (χ0n) is 16.4. The van der Waals surface area contributed by atoms with Crippen LogP contribution in [0.3, 0.4) is 0 Å². The molecule has 0 aliphatic carbocycles. The van der Waals surface area contributed by atoms with Crippen molar-refractivity contribution in [2.24, 2.45) is 15.1 Å². The number of nitrogens with zero attached hydrogens (tertiary/aromatic N) is 4. The SMILES string of the molecule is COc1ccc(NC2=N[N+]3(c4ccccc4-c4ccccc4)C=CN=CC3=N2)cc1. The Morgan fingerprint density at radius 1 is 0.867 bits per heavy atom. The van der Waals surface area contributed by atoms with Crippen LogP contribution in [-0.4, -0.2) is 25.1 Å². The van der Waals surface area contributed by atoms with E-state index in [9.17, 15) is 0 Å². The summed E-state index contributed by atoms with van der Waals surface area (Å²) in [6.45, 7) is 0. The van der Waals surface area contributed by atoms with Crippen molar-refractivity contribution in [3.05, 3.63) is 91.3 Å². The van der Waals surface area contributed by atoms with Crippen molar-refractivity contribution in [2.75, 3.05) is 12.4 Å². The number of nitrogens with one attached hydrogen (secondary N) is 1. The maximum Gasteiger partial charge on any atom is 0.287 e. The molecule has 1 atom stereocenters. The Labute approximate surface area is 174 Å². The van der Waals surface area contributed by atoms with E-state index in [0.717, 1.165) is 34.1 Å². The molecule has 0 radical (unpaired) electrons. The number of methoxy groups -OCH3 is 1. The molecule has 3 aromatic rings. The van der Waals surface area contributed by atoms with Crippen LogP contribution in [-0.2, 0) is 0 Å². The van der Waals surface area contributed by atoms with Gasteiger partial charge in [0.15, 0.2) is 11.9 Å². The van der Waals surface area contributed by atoms with Crippen LogP contribution in [0.5, 0.6) is 5.75 Å². The predicted molar refractivity (Wildman–Crippen MR) is 123 cm³/mol. The predicted octanol–water partition coefficient (Wildman–Crippen LogP) is 5.02. The van der Waals surface area contributed by atoms with Gasteiger partial charge in [-0.15, -0.1) is 0 Å². The van der Waals surface area contributed by atoms with Gasteiger partial charge in [-0.1, -0.05) is 47.1 Å². The lowest BCUT2D eigenvalue weighted by Crippen LogP contribution is -2.44. The highest BCUT2D eigenvalue weighted by Gasteiger charge is 2.44. The van der Waals surface area contributed by atoms with Crippen LogP contribution in [0.2, 0.25) is 0 Å². The second-order valence-corrected chi connectivity index (χ2v) is 6.89. The van der Waals surface area contributed by atoms with Crippen LogP contribution in [0, 0.1) is 0 Å². The lowest BCUT2D eigenvalue weighted by Gasteiger charge is -2.26. The molecule has 0 saturated heterocycles. The number of hydrogen-bond acceptors (Lipinski definition) is 5.